The second-order valence-corrected chi connectivity index (χ2v) is 7.77. The third-order valence-corrected chi connectivity index (χ3v) is 5.59. The van der Waals surface area contributed by atoms with E-state index in [4.69, 9.17) is 0 Å². The minimum Gasteiger partial charge on any atom is -0.262 e. The van der Waals surface area contributed by atoms with Crippen LogP contribution in [-0.4, -0.2) is 28.2 Å². The monoisotopic (exact) mass is 335 g/mol. The number of anilines is 1. The van der Waals surface area contributed by atoms with Crippen LogP contribution in [0.5, 0.6) is 0 Å². The summed E-state index contributed by atoms with van der Waals surface area (Å²) < 4.78 is 28.8. The highest BCUT2D eigenvalue weighted by Gasteiger charge is 2.19. The lowest BCUT2D eigenvalue weighted by atomic mass is 10.3. The molecule has 0 aliphatic heterocycles. The highest BCUT2D eigenvalue weighted by atomic mass is 32.2. The van der Waals surface area contributed by atoms with Crippen molar-refractivity contribution in [2.24, 2.45) is 0 Å². The van der Waals surface area contributed by atoms with Gasteiger partial charge in [0.2, 0.25) is 0 Å². The third kappa shape index (κ3) is 2.85. The number of rotatable bonds is 4. The van der Waals surface area contributed by atoms with Crippen molar-refractivity contribution in [2.45, 2.75) is 18.1 Å². The number of sulfonamides is 1. The van der Waals surface area contributed by atoms with E-state index >= 15 is 0 Å². The van der Waals surface area contributed by atoms with Crippen LogP contribution < -0.4 is 4.72 Å². The number of aromatic nitrogens is 4. The van der Waals surface area contributed by atoms with Gasteiger partial charge in [-0.25, -0.2) is 18.4 Å². The Morgan fingerprint density at radius 2 is 2.00 bits per heavy atom. The normalized spacial score (nSPS) is 11.5. The maximum Gasteiger partial charge on any atom is 0.274 e. The lowest BCUT2D eigenvalue weighted by Crippen LogP contribution is -2.15. The van der Waals surface area contributed by atoms with E-state index in [0.29, 0.717) is 16.6 Å². The van der Waals surface area contributed by atoms with Crippen molar-refractivity contribution in [3.05, 3.63) is 47.4 Å². The van der Waals surface area contributed by atoms with Crippen LogP contribution >= 0.6 is 11.3 Å². The highest BCUT2D eigenvalue weighted by Crippen LogP contribution is 2.22. The van der Waals surface area contributed by atoms with Crippen LogP contribution in [0, 0.1) is 13.8 Å². The SMILES string of the molecule is Cc1ccnc(-n2nccc2NS(=O)(=O)c2cnc(C)s2)c1. The summed E-state index contributed by atoms with van der Waals surface area (Å²) in [6.07, 6.45) is 4.50. The van der Waals surface area contributed by atoms with E-state index in [2.05, 4.69) is 19.8 Å². The summed E-state index contributed by atoms with van der Waals surface area (Å²) in [7, 11) is -3.69. The lowest BCUT2D eigenvalue weighted by Gasteiger charge is -2.09. The lowest BCUT2D eigenvalue weighted by molar-refractivity contribution is 0.602. The van der Waals surface area contributed by atoms with Crippen LogP contribution in [0.2, 0.25) is 0 Å². The summed E-state index contributed by atoms with van der Waals surface area (Å²) in [5.41, 5.74) is 1.01. The Morgan fingerprint density at radius 3 is 2.68 bits per heavy atom. The smallest absolute Gasteiger partial charge is 0.262 e. The van der Waals surface area contributed by atoms with Crippen molar-refractivity contribution in [1.82, 2.24) is 19.7 Å². The summed E-state index contributed by atoms with van der Waals surface area (Å²) in [6, 6.07) is 5.26. The fraction of sp³-hybridized carbons (Fsp3) is 0.154. The molecule has 0 saturated heterocycles. The molecule has 1 N–H and O–H groups in total. The van der Waals surface area contributed by atoms with Crippen molar-refractivity contribution in [3.63, 3.8) is 0 Å². The Bertz CT molecular complexity index is 914. The molecule has 0 unspecified atom stereocenters. The van der Waals surface area contributed by atoms with Crippen LogP contribution in [0.4, 0.5) is 5.82 Å². The van der Waals surface area contributed by atoms with Crippen LogP contribution in [0.1, 0.15) is 10.6 Å². The molecule has 0 aliphatic carbocycles. The van der Waals surface area contributed by atoms with Gasteiger partial charge < -0.3 is 0 Å². The number of nitrogens with zero attached hydrogens (tertiary/aromatic N) is 4. The first-order chi connectivity index (χ1) is 10.5. The number of hydrogen-bond donors (Lipinski definition) is 1. The van der Waals surface area contributed by atoms with E-state index in [-0.39, 0.29) is 4.21 Å². The zero-order chi connectivity index (χ0) is 15.7. The maximum absolute atomic E-state index is 12.4. The molecule has 3 aromatic rings. The van der Waals surface area contributed by atoms with Crippen LogP contribution in [0.3, 0.4) is 0 Å². The van der Waals surface area contributed by atoms with Gasteiger partial charge >= 0.3 is 0 Å². The van der Waals surface area contributed by atoms with Gasteiger partial charge in [0.1, 0.15) is 5.82 Å². The molecule has 3 heterocycles. The Labute approximate surface area is 131 Å². The molecule has 7 nitrogen and oxygen atoms in total. The van der Waals surface area contributed by atoms with Crippen molar-refractivity contribution in [1.29, 1.82) is 0 Å². The van der Waals surface area contributed by atoms with Gasteiger partial charge in [0.15, 0.2) is 10.0 Å². The minimum absolute atomic E-state index is 0.162. The van der Waals surface area contributed by atoms with Crippen LogP contribution in [0.25, 0.3) is 5.82 Å². The molecule has 3 aromatic heterocycles. The summed E-state index contributed by atoms with van der Waals surface area (Å²) >= 11 is 1.11. The molecule has 0 aromatic carbocycles. The number of aryl methyl sites for hydroxylation is 2. The first-order valence-electron chi connectivity index (χ1n) is 6.38. The predicted octanol–water partition coefficient (Wildman–Crippen LogP) is 2.14. The molecule has 114 valence electrons. The second-order valence-electron chi connectivity index (χ2n) is 4.62. The fourth-order valence-electron chi connectivity index (χ4n) is 1.85. The summed E-state index contributed by atoms with van der Waals surface area (Å²) in [5.74, 6) is 0.868. The van der Waals surface area contributed by atoms with E-state index in [0.717, 1.165) is 16.9 Å². The average molecular weight is 335 g/mol. The molecular weight excluding hydrogens is 322 g/mol. The molecule has 0 radical (unpaired) electrons. The van der Waals surface area contributed by atoms with Crippen molar-refractivity contribution >= 4 is 27.2 Å². The number of thiazole rings is 1. The Balaban J connectivity index is 1.96. The van der Waals surface area contributed by atoms with Gasteiger partial charge in [-0.1, -0.05) is 0 Å². The zero-order valence-corrected chi connectivity index (χ0v) is 13.5. The average Bonchev–Trinajstić information content (AvgIpc) is 3.07. The van der Waals surface area contributed by atoms with Gasteiger partial charge in [0.05, 0.1) is 17.4 Å². The summed E-state index contributed by atoms with van der Waals surface area (Å²) in [5, 5.41) is 4.81. The molecule has 0 fully saturated rings. The topological polar surface area (TPSA) is 89.8 Å². The molecule has 9 heteroatoms. The van der Waals surface area contributed by atoms with Gasteiger partial charge in [-0.2, -0.15) is 9.78 Å². The minimum atomic E-state index is -3.69. The number of nitrogens with one attached hydrogen (secondary N) is 1. The van der Waals surface area contributed by atoms with Crippen LogP contribution in [0.15, 0.2) is 41.0 Å². The zero-order valence-electron chi connectivity index (χ0n) is 11.9. The largest absolute Gasteiger partial charge is 0.274 e. The molecule has 3 rings (SSSR count). The second kappa shape index (κ2) is 5.50. The van der Waals surface area contributed by atoms with E-state index in [1.165, 1.54) is 17.1 Å². The van der Waals surface area contributed by atoms with E-state index in [1.54, 1.807) is 19.2 Å². The fourth-order valence-corrected chi connectivity index (χ4v) is 4.00. The molecule has 22 heavy (non-hydrogen) atoms. The summed E-state index contributed by atoms with van der Waals surface area (Å²) in [6.45, 7) is 3.68. The molecular formula is C13H13N5O2S2. The van der Waals surface area contributed by atoms with E-state index in [1.807, 2.05) is 19.1 Å². The Morgan fingerprint density at radius 1 is 1.18 bits per heavy atom. The van der Waals surface area contributed by atoms with Gasteiger partial charge in [0, 0.05) is 12.3 Å². The van der Waals surface area contributed by atoms with Gasteiger partial charge in [-0.15, -0.1) is 11.3 Å². The number of pyridine rings is 1. The molecule has 0 atom stereocenters. The summed E-state index contributed by atoms with van der Waals surface area (Å²) in [4.78, 5) is 8.17. The molecule has 0 bridgehead atoms. The predicted molar refractivity (Wildman–Crippen MR) is 83.8 cm³/mol. The van der Waals surface area contributed by atoms with Crippen LogP contribution in [-0.2, 0) is 10.0 Å². The molecule has 0 amide bonds. The van der Waals surface area contributed by atoms with Gasteiger partial charge in [-0.05, 0) is 31.5 Å². The Hall–Kier alpha value is -2.26. The highest BCUT2D eigenvalue weighted by molar-refractivity contribution is 7.94. The molecule has 0 saturated carbocycles. The van der Waals surface area contributed by atoms with Gasteiger partial charge in [0.25, 0.3) is 10.0 Å². The quantitative estimate of drug-likeness (QED) is 0.789. The first kappa shape index (κ1) is 14.7. The molecule has 0 spiro atoms. The number of hydrogen-bond acceptors (Lipinski definition) is 6. The maximum atomic E-state index is 12.4. The third-order valence-electron chi connectivity index (χ3n) is 2.86. The van der Waals surface area contributed by atoms with Gasteiger partial charge in [-0.3, -0.25) is 4.72 Å². The van der Waals surface area contributed by atoms with Crippen molar-refractivity contribution in [3.8, 4) is 5.82 Å². The molecule has 0 aliphatic rings. The van der Waals surface area contributed by atoms with Crippen molar-refractivity contribution < 1.29 is 8.42 Å². The van der Waals surface area contributed by atoms with Crippen molar-refractivity contribution in [2.75, 3.05) is 4.72 Å². The van der Waals surface area contributed by atoms with E-state index < -0.39 is 10.0 Å². The Kier molecular flexibility index (Phi) is 3.67. The van der Waals surface area contributed by atoms with E-state index in [9.17, 15) is 8.42 Å². The first-order valence-corrected chi connectivity index (χ1v) is 8.68. The standard InChI is InChI=1S/C13H13N5O2S2/c1-9-3-5-14-12(7-9)18-11(4-6-16-18)17-22(19,20)13-8-15-10(2)21-13/h3-8,17H,1-2H3.